The highest BCUT2D eigenvalue weighted by molar-refractivity contribution is 9.13. The van der Waals surface area contributed by atoms with Crippen LogP contribution in [0.5, 0.6) is 0 Å². The van der Waals surface area contributed by atoms with Gasteiger partial charge in [-0.05, 0) is 57.0 Å². The van der Waals surface area contributed by atoms with Gasteiger partial charge < -0.3 is 5.32 Å². The average molecular weight is 447 g/mol. The lowest BCUT2D eigenvalue weighted by molar-refractivity contribution is -0.120. The summed E-state index contributed by atoms with van der Waals surface area (Å²) in [5.74, 6) is -0.691. The number of hydrazine groups is 1. The molecular formula is C14H13Br2N3O2S. The van der Waals surface area contributed by atoms with Crippen molar-refractivity contribution in [1.29, 1.82) is 0 Å². The van der Waals surface area contributed by atoms with Crippen LogP contribution in [-0.2, 0) is 4.79 Å². The molecule has 0 saturated carbocycles. The Morgan fingerprint density at radius 1 is 1.14 bits per heavy atom. The van der Waals surface area contributed by atoms with E-state index in [-0.39, 0.29) is 18.4 Å². The van der Waals surface area contributed by atoms with Crippen LogP contribution in [0.25, 0.3) is 0 Å². The maximum absolute atomic E-state index is 11.8. The predicted octanol–water partition coefficient (Wildman–Crippen LogP) is 3.45. The number of halogens is 2. The molecule has 0 aliphatic rings. The lowest BCUT2D eigenvalue weighted by Crippen LogP contribution is -2.43. The van der Waals surface area contributed by atoms with E-state index < -0.39 is 0 Å². The molecule has 8 heteroatoms. The van der Waals surface area contributed by atoms with E-state index in [1.54, 1.807) is 6.07 Å². The molecule has 2 rings (SSSR count). The van der Waals surface area contributed by atoms with Crippen LogP contribution in [0, 0.1) is 6.92 Å². The van der Waals surface area contributed by atoms with E-state index in [0.717, 1.165) is 19.5 Å². The summed E-state index contributed by atoms with van der Waals surface area (Å²) in [5.41, 5.74) is 6.74. The summed E-state index contributed by atoms with van der Waals surface area (Å²) in [6, 6.07) is 9.37. The van der Waals surface area contributed by atoms with E-state index in [4.69, 9.17) is 0 Å². The Hall–Kier alpha value is -1.38. The first kappa shape index (κ1) is 17.0. The van der Waals surface area contributed by atoms with Crippen LogP contribution < -0.4 is 16.2 Å². The second kappa shape index (κ2) is 7.75. The number of carbonyl (C=O) groups excluding carboxylic acids is 2. The molecule has 0 saturated heterocycles. The maximum atomic E-state index is 11.8. The molecule has 2 aromatic rings. The zero-order chi connectivity index (χ0) is 16.1. The van der Waals surface area contributed by atoms with E-state index in [2.05, 4.69) is 48.0 Å². The van der Waals surface area contributed by atoms with Crippen molar-refractivity contribution in [2.24, 2.45) is 0 Å². The summed E-state index contributed by atoms with van der Waals surface area (Å²) in [6.45, 7) is 2.06. The Bertz CT molecular complexity index is 666. The van der Waals surface area contributed by atoms with Gasteiger partial charge in [-0.2, -0.15) is 0 Å². The molecule has 0 unspecified atom stereocenters. The Morgan fingerprint density at radius 2 is 1.82 bits per heavy atom. The smallest absolute Gasteiger partial charge is 0.279 e. The second-order valence-electron chi connectivity index (χ2n) is 4.45. The molecule has 116 valence electrons. The maximum Gasteiger partial charge on any atom is 0.279 e. The number of carbonyl (C=O) groups is 2. The third-order valence-corrected chi connectivity index (χ3v) is 5.94. The van der Waals surface area contributed by atoms with Crippen molar-refractivity contribution in [3.63, 3.8) is 0 Å². The summed E-state index contributed by atoms with van der Waals surface area (Å²) in [7, 11) is 0. The van der Waals surface area contributed by atoms with Crippen molar-refractivity contribution in [1.82, 2.24) is 10.9 Å². The highest BCUT2D eigenvalue weighted by Gasteiger charge is 2.12. The van der Waals surface area contributed by atoms with Crippen LogP contribution in [-0.4, -0.2) is 18.4 Å². The molecule has 0 aliphatic heterocycles. The summed E-state index contributed by atoms with van der Waals surface area (Å²) in [4.78, 5) is 24.0. The molecule has 2 amide bonds. The fraction of sp³-hybridized carbons (Fsp3) is 0.143. The number of thiophene rings is 1. The summed E-state index contributed by atoms with van der Waals surface area (Å²) < 4.78 is 1.63. The average Bonchev–Trinajstić information content (AvgIpc) is 2.84. The minimum Gasteiger partial charge on any atom is -0.376 e. The first-order valence-electron chi connectivity index (χ1n) is 6.30. The highest BCUT2D eigenvalue weighted by Crippen LogP contribution is 2.32. The van der Waals surface area contributed by atoms with Crippen molar-refractivity contribution in [2.75, 3.05) is 11.9 Å². The first-order chi connectivity index (χ1) is 10.5. The third-order valence-electron chi connectivity index (χ3n) is 2.69. The molecule has 0 atom stereocenters. The van der Waals surface area contributed by atoms with Crippen LogP contribution in [0.15, 0.2) is 38.6 Å². The standard InChI is InChI=1S/C14H13Br2N3O2S/c1-8-2-4-9(5-3-8)17-7-12(20)18-19-14(21)11-6-10(15)13(16)22-11/h2-6,17H,7H2,1H3,(H,18,20)(H,19,21). The lowest BCUT2D eigenvalue weighted by Gasteiger charge is -2.08. The molecule has 1 aromatic carbocycles. The molecule has 1 aromatic heterocycles. The van der Waals surface area contributed by atoms with Crippen LogP contribution in [0.1, 0.15) is 15.2 Å². The number of hydrogen-bond donors (Lipinski definition) is 3. The van der Waals surface area contributed by atoms with Gasteiger partial charge in [-0.15, -0.1) is 11.3 Å². The van der Waals surface area contributed by atoms with Gasteiger partial charge in [0.1, 0.15) is 0 Å². The normalized spacial score (nSPS) is 10.1. The first-order valence-corrected chi connectivity index (χ1v) is 8.70. The highest BCUT2D eigenvalue weighted by atomic mass is 79.9. The Labute approximate surface area is 148 Å². The van der Waals surface area contributed by atoms with Crippen molar-refractivity contribution < 1.29 is 9.59 Å². The van der Waals surface area contributed by atoms with Crippen molar-refractivity contribution in [2.45, 2.75) is 6.92 Å². The molecule has 5 nitrogen and oxygen atoms in total. The van der Waals surface area contributed by atoms with E-state index in [1.807, 2.05) is 31.2 Å². The molecular weight excluding hydrogens is 434 g/mol. The molecule has 0 spiro atoms. The summed E-state index contributed by atoms with van der Waals surface area (Å²) >= 11 is 7.90. The van der Waals surface area contributed by atoms with E-state index in [9.17, 15) is 9.59 Å². The minimum atomic E-state index is -0.361. The zero-order valence-corrected chi connectivity index (χ0v) is 15.6. The van der Waals surface area contributed by atoms with Gasteiger partial charge in [0, 0.05) is 10.2 Å². The van der Waals surface area contributed by atoms with Crippen molar-refractivity contribution in [3.05, 3.63) is 49.0 Å². The van der Waals surface area contributed by atoms with Crippen molar-refractivity contribution >= 4 is 60.7 Å². The number of amides is 2. The third kappa shape index (κ3) is 4.82. The molecule has 0 radical (unpaired) electrons. The fourth-order valence-corrected chi connectivity index (χ4v) is 3.48. The van der Waals surface area contributed by atoms with E-state index >= 15 is 0 Å². The van der Waals surface area contributed by atoms with Gasteiger partial charge >= 0.3 is 0 Å². The summed E-state index contributed by atoms with van der Waals surface area (Å²) in [6.07, 6.45) is 0. The molecule has 0 aliphatic carbocycles. The number of nitrogens with one attached hydrogen (secondary N) is 3. The lowest BCUT2D eigenvalue weighted by atomic mass is 10.2. The Balaban J connectivity index is 1.77. The van der Waals surface area contributed by atoms with Crippen molar-refractivity contribution in [3.8, 4) is 0 Å². The molecule has 0 fully saturated rings. The van der Waals surface area contributed by atoms with Crippen LogP contribution in [0.3, 0.4) is 0 Å². The zero-order valence-electron chi connectivity index (χ0n) is 11.6. The largest absolute Gasteiger partial charge is 0.376 e. The van der Waals surface area contributed by atoms with Crippen LogP contribution >= 0.6 is 43.2 Å². The SMILES string of the molecule is Cc1ccc(NCC(=O)NNC(=O)c2cc(Br)c(Br)s2)cc1. The molecule has 22 heavy (non-hydrogen) atoms. The van der Waals surface area contributed by atoms with Gasteiger partial charge in [-0.1, -0.05) is 17.7 Å². The van der Waals surface area contributed by atoms with Gasteiger partial charge in [0.2, 0.25) is 0 Å². The number of rotatable bonds is 4. The van der Waals surface area contributed by atoms with Crippen LogP contribution in [0.2, 0.25) is 0 Å². The topological polar surface area (TPSA) is 70.2 Å². The van der Waals surface area contributed by atoms with Gasteiger partial charge in [0.05, 0.1) is 15.2 Å². The number of aryl methyl sites for hydroxylation is 1. The number of benzene rings is 1. The molecule has 3 N–H and O–H groups in total. The minimum absolute atomic E-state index is 0.0706. The van der Waals surface area contributed by atoms with E-state index in [0.29, 0.717) is 4.88 Å². The van der Waals surface area contributed by atoms with Gasteiger partial charge in [0.25, 0.3) is 11.8 Å². The van der Waals surface area contributed by atoms with Gasteiger partial charge in [-0.25, -0.2) is 0 Å². The molecule has 0 bridgehead atoms. The fourth-order valence-electron chi connectivity index (χ4n) is 1.54. The van der Waals surface area contributed by atoms with Gasteiger partial charge in [0.15, 0.2) is 0 Å². The Kier molecular flexibility index (Phi) is 5.98. The van der Waals surface area contributed by atoms with E-state index in [1.165, 1.54) is 11.3 Å². The number of anilines is 1. The molecule has 1 heterocycles. The second-order valence-corrected chi connectivity index (χ2v) is 7.68. The predicted molar refractivity (Wildman–Crippen MR) is 95.0 cm³/mol. The quantitative estimate of drug-likeness (QED) is 0.630. The number of hydrogen-bond acceptors (Lipinski definition) is 4. The Morgan fingerprint density at radius 3 is 2.41 bits per heavy atom. The summed E-state index contributed by atoms with van der Waals surface area (Å²) in [5, 5.41) is 2.97. The van der Waals surface area contributed by atoms with Gasteiger partial charge in [-0.3, -0.25) is 20.4 Å². The van der Waals surface area contributed by atoms with Crippen LogP contribution in [0.4, 0.5) is 5.69 Å². The monoisotopic (exact) mass is 445 g/mol.